The van der Waals surface area contributed by atoms with Crippen LogP contribution in [0.15, 0.2) is 46.2 Å². The number of halogens is 2. The van der Waals surface area contributed by atoms with E-state index in [1.54, 1.807) is 18.3 Å². The third kappa shape index (κ3) is 5.94. The van der Waals surface area contributed by atoms with Gasteiger partial charge in [0.1, 0.15) is 18.2 Å². The molecule has 0 spiro atoms. The molecule has 3 rings (SSSR count). The number of rotatable bonds is 8. The highest BCUT2D eigenvalue weighted by atomic mass is 79.9. The summed E-state index contributed by atoms with van der Waals surface area (Å²) >= 11 is 10.6. The summed E-state index contributed by atoms with van der Waals surface area (Å²) in [6, 6.07) is 9.02. The predicted molar refractivity (Wildman–Crippen MR) is 118 cm³/mol. The lowest BCUT2D eigenvalue weighted by molar-refractivity contribution is -0.113. The number of nitrogens with zero attached hydrogens (tertiary/aromatic N) is 4. The van der Waals surface area contributed by atoms with Crippen LogP contribution in [0, 0.1) is 6.92 Å². The van der Waals surface area contributed by atoms with Gasteiger partial charge in [0, 0.05) is 22.2 Å². The molecule has 1 aromatic carbocycles. The molecule has 0 bridgehead atoms. The molecule has 0 saturated heterocycles. The Kier molecular flexibility index (Phi) is 7.51. The number of hydrogen-bond acceptors (Lipinski definition) is 6. The maximum Gasteiger partial charge on any atom is 0.236 e. The standard InChI is InChI=1S/C19H19BrClN5O2S/c1-3-26-17(10-28-15-6-5-14(21)8-12(15)2)24-25-19(26)29-11-18(27)23-16-7-4-13(20)9-22-16/h4-9H,3,10-11H2,1-2H3,(H,22,23,27). The van der Waals surface area contributed by atoms with Gasteiger partial charge in [0.2, 0.25) is 5.91 Å². The van der Waals surface area contributed by atoms with Crippen molar-refractivity contribution in [2.45, 2.75) is 32.2 Å². The van der Waals surface area contributed by atoms with Crippen LogP contribution in [0.25, 0.3) is 0 Å². The Morgan fingerprint density at radius 1 is 1.31 bits per heavy atom. The second-order valence-corrected chi connectivity index (χ2v) is 8.33. The van der Waals surface area contributed by atoms with Gasteiger partial charge in [-0.05, 0) is 65.7 Å². The maximum absolute atomic E-state index is 12.2. The minimum absolute atomic E-state index is 0.162. The number of carbonyl (C=O) groups is 1. The number of aromatic nitrogens is 4. The van der Waals surface area contributed by atoms with E-state index in [1.807, 2.05) is 36.6 Å². The molecule has 0 aliphatic carbocycles. The van der Waals surface area contributed by atoms with Gasteiger partial charge < -0.3 is 14.6 Å². The Morgan fingerprint density at radius 2 is 2.14 bits per heavy atom. The highest BCUT2D eigenvalue weighted by Crippen LogP contribution is 2.23. The molecular formula is C19H19BrClN5O2S. The summed E-state index contributed by atoms with van der Waals surface area (Å²) in [5.41, 5.74) is 0.952. The fraction of sp³-hybridized carbons (Fsp3) is 0.263. The zero-order valence-electron chi connectivity index (χ0n) is 15.9. The Balaban J connectivity index is 1.58. The van der Waals surface area contributed by atoms with Crippen molar-refractivity contribution in [3.63, 3.8) is 0 Å². The first-order valence-corrected chi connectivity index (χ1v) is 11.0. The van der Waals surface area contributed by atoms with Gasteiger partial charge in [-0.3, -0.25) is 4.79 Å². The van der Waals surface area contributed by atoms with Crippen molar-refractivity contribution < 1.29 is 9.53 Å². The minimum atomic E-state index is -0.162. The third-order valence-corrected chi connectivity index (χ3v) is 5.60. The van der Waals surface area contributed by atoms with Crippen molar-refractivity contribution in [1.82, 2.24) is 19.7 Å². The lowest BCUT2D eigenvalue weighted by Crippen LogP contribution is -2.15. The summed E-state index contributed by atoms with van der Waals surface area (Å²) in [6.45, 7) is 4.88. The molecule has 7 nitrogen and oxygen atoms in total. The van der Waals surface area contributed by atoms with Crippen molar-refractivity contribution in [1.29, 1.82) is 0 Å². The number of thioether (sulfide) groups is 1. The maximum atomic E-state index is 12.2. The second kappa shape index (κ2) is 10.1. The molecule has 152 valence electrons. The van der Waals surface area contributed by atoms with Crippen molar-refractivity contribution in [2.24, 2.45) is 0 Å². The summed E-state index contributed by atoms with van der Waals surface area (Å²) in [5.74, 6) is 1.98. The SMILES string of the molecule is CCn1c(COc2ccc(Cl)cc2C)nnc1SCC(=O)Nc1ccc(Br)cn1. The fourth-order valence-corrected chi connectivity index (χ4v) is 3.81. The summed E-state index contributed by atoms with van der Waals surface area (Å²) in [5, 5.41) is 12.5. The fourth-order valence-electron chi connectivity index (χ4n) is 2.53. The van der Waals surface area contributed by atoms with E-state index < -0.39 is 0 Å². The van der Waals surface area contributed by atoms with E-state index in [0.717, 1.165) is 15.8 Å². The molecule has 2 heterocycles. The van der Waals surface area contributed by atoms with Gasteiger partial charge in [0.25, 0.3) is 0 Å². The molecule has 0 aliphatic rings. The van der Waals surface area contributed by atoms with Crippen LogP contribution in [-0.2, 0) is 17.9 Å². The molecule has 29 heavy (non-hydrogen) atoms. The van der Waals surface area contributed by atoms with Gasteiger partial charge in [0.05, 0.1) is 5.75 Å². The van der Waals surface area contributed by atoms with Gasteiger partial charge in [-0.25, -0.2) is 4.98 Å². The number of pyridine rings is 1. The van der Waals surface area contributed by atoms with E-state index in [0.29, 0.717) is 28.4 Å². The molecule has 1 amide bonds. The van der Waals surface area contributed by atoms with E-state index in [9.17, 15) is 4.79 Å². The molecule has 10 heteroatoms. The number of nitrogens with one attached hydrogen (secondary N) is 1. The van der Waals surface area contributed by atoms with Crippen LogP contribution in [0.3, 0.4) is 0 Å². The second-order valence-electron chi connectivity index (χ2n) is 6.04. The Bertz CT molecular complexity index is 997. The first-order valence-electron chi connectivity index (χ1n) is 8.81. The Labute approximate surface area is 186 Å². The van der Waals surface area contributed by atoms with Crippen LogP contribution in [-0.4, -0.2) is 31.4 Å². The van der Waals surface area contributed by atoms with Crippen LogP contribution in [0.5, 0.6) is 5.75 Å². The molecule has 0 aliphatic heterocycles. The highest BCUT2D eigenvalue weighted by molar-refractivity contribution is 9.10. The molecule has 0 atom stereocenters. The Hall–Kier alpha value is -2.10. The molecule has 0 saturated carbocycles. The average Bonchev–Trinajstić information content (AvgIpc) is 3.09. The summed E-state index contributed by atoms with van der Waals surface area (Å²) in [4.78, 5) is 16.3. The lowest BCUT2D eigenvalue weighted by Gasteiger charge is -2.10. The van der Waals surface area contributed by atoms with E-state index >= 15 is 0 Å². The molecule has 3 aromatic rings. The number of anilines is 1. The summed E-state index contributed by atoms with van der Waals surface area (Å²) in [6.07, 6.45) is 1.63. The monoisotopic (exact) mass is 495 g/mol. The van der Waals surface area contributed by atoms with Gasteiger partial charge in [-0.15, -0.1) is 10.2 Å². The van der Waals surface area contributed by atoms with Crippen molar-refractivity contribution in [2.75, 3.05) is 11.1 Å². The van der Waals surface area contributed by atoms with Crippen molar-refractivity contribution in [3.8, 4) is 5.75 Å². The molecule has 0 radical (unpaired) electrons. The third-order valence-electron chi connectivity index (χ3n) is 3.93. The van der Waals surface area contributed by atoms with Crippen molar-refractivity contribution in [3.05, 3.63) is 57.4 Å². The number of carbonyl (C=O) groups excluding carboxylic acids is 1. The average molecular weight is 497 g/mol. The van der Waals surface area contributed by atoms with Crippen LogP contribution in [0.4, 0.5) is 5.82 Å². The minimum Gasteiger partial charge on any atom is -0.485 e. The van der Waals surface area contributed by atoms with E-state index in [4.69, 9.17) is 16.3 Å². The predicted octanol–water partition coefficient (Wildman–Crippen LogP) is 4.73. The van der Waals surface area contributed by atoms with Crippen molar-refractivity contribution >= 4 is 51.0 Å². The number of amides is 1. The first kappa shape index (κ1) is 21.6. The number of benzene rings is 1. The number of hydrogen-bond donors (Lipinski definition) is 1. The van der Waals surface area contributed by atoms with Gasteiger partial charge >= 0.3 is 0 Å². The zero-order chi connectivity index (χ0) is 20.8. The van der Waals surface area contributed by atoms with Gasteiger partial charge in [-0.1, -0.05) is 23.4 Å². The van der Waals surface area contributed by atoms with E-state index in [-0.39, 0.29) is 18.3 Å². The topological polar surface area (TPSA) is 81.9 Å². The summed E-state index contributed by atoms with van der Waals surface area (Å²) < 4.78 is 8.65. The molecule has 0 unspecified atom stereocenters. The molecule has 1 N–H and O–H groups in total. The smallest absolute Gasteiger partial charge is 0.236 e. The van der Waals surface area contributed by atoms with Crippen LogP contribution in [0.2, 0.25) is 5.02 Å². The number of ether oxygens (including phenoxy) is 1. The zero-order valence-corrected chi connectivity index (χ0v) is 19.0. The Morgan fingerprint density at radius 3 is 2.83 bits per heavy atom. The van der Waals surface area contributed by atoms with Crippen LogP contribution in [0.1, 0.15) is 18.3 Å². The van der Waals surface area contributed by atoms with Gasteiger partial charge in [-0.2, -0.15) is 0 Å². The first-order chi connectivity index (χ1) is 14.0. The number of aryl methyl sites for hydroxylation is 1. The molecule has 2 aromatic heterocycles. The largest absolute Gasteiger partial charge is 0.485 e. The summed E-state index contributed by atoms with van der Waals surface area (Å²) in [7, 11) is 0. The van der Waals surface area contributed by atoms with Crippen LogP contribution >= 0.6 is 39.3 Å². The lowest BCUT2D eigenvalue weighted by atomic mass is 10.2. The quantitative estimate of drug-likeness (QED) is 0.454. The normalized spacial score (nSPS) is 10.8. The molecule has 0 fully saturated rings. The van der Waals surface area contributed by atoms with E-state index in [2.05, 4.69) is 36.4 Å². The van der Waals surface area contributed by atoms with E-state index in [1.165, 1.54) is 11.8 Å². The highest BCUT2D eigenvalue weighted by Gasteiger charge is 2.14. The molecular weight excluding hydrogens is 478 g/mol. The van der Waals surface area contributed by atoms with Crippen LogP contribution < -0.4 is 10.1 Å². The van der Waals surface area contributed by atoms with Gasteiger partial charge in [0.15, 0.2) is 11.0 Å².